The second-order valence-corrected chi connectivity index (χ2v) is 6.75. The topological polar surface area (TPSA) is 64.3 Å². The minimum Gasteiger partial charge on any atom is -0.283 e. The normalized spacial score (nSPS) is 23.2. The average molecular weight is 251 g/mol. The van der Waals surface area contributed by atoms with Crippen molar-refractivity contribution >= 4 is 15.5 Å². The molecule has 0 N–H and O–H groups in total. The van der Waals surface area contributed by atoms with Gasteiger partial charge in [-0.3, -0.25) is 4.40 Å². The largest absolute Gasteiger partial charge is 0.283 e. The first kappa shape index (κ1) is 10.7. The molecule has 0 spiro atoms. The van der Waals surface area contributed by atoms with Gasteiger partial charge in [0.25, 0.3) is 0 Å². The van der Waals surface area contributed by atoms with E-state index >= 15 is 0 Å². The van der Waals surface area contributed by atoms with Crippen molar-refractivity contribution in [2.75, 3.05) is 11.5 Å². The number of rotatable bonds is 1. The van der Waals surface area contributed by atoms with Crippen LogP contribution >= 0.6 is 0 Å². The molecule has 2 aromatic rings. The zero-order valence-electron chi connectivity index (χ0n) is 9.50. The van der Waals surface area contributed by atoms with E-state index in [-0.39, 0.29) is 17.4 Å². The van der Waals surface area contributed by atoms with Crippen LogP contribution in [0.4, 0.5) is 0 Å². The first-order valence-corrected chi connectivity index (χ1v) is 7.40. The number of fused-ring (bicyclic) bond motifs is 1. The first-order valence-electron chi connectivity index (χ1n) is 5.58. The molecule has 1 saturated heterocycles. The number of nitrogens with zero attached hydrogens (tertiary/aromatic N) is 3. The van der Waals surface area contributed by atoms with Crippen LogP contribution in [-0.2, 0) is 9.84 Å². The minimum absolute atomic E-state index is 0.0175. The molecule has 90 valence electrons. The van der Waals surface area contributed by atoms with Gasteiger partial charge in [-0.15, -0.1) is 10.2 Å². The number of aryl methyl sites for hydroxylation is 1. The Bertz CT molecular complexity index is 675. The van der Waals surface area contributed by atoms with E-state index in [4.69, 9.17) is 0 Å². The lowest BCUT2D eigenvalue weighted by Gasteiger charge is -2.07. The number of aromatic nitrogens is 3. The maximum atomic E-state index is 11.5. The van der Waals surface area contributed by atoms with Crippen LogP contribution in [0.1, 0.15) is 23.9 Å². The molecule has 0 aromatic carbocycles. The van der Waals surface area contributed by atoms with Crippen molar-refractivity contribution in [3.63, 3.8) is 0 Å². The van der Waals surface area contributed by atoms with Crippen molar-refractivity contribution in [2.45, 2.75) is 19.3 Å². The van der Waals surface area contributed by atoms with Crippen LogP contribution in [0.25, 0.3) is 5.65 Å². The molecular weight excluding hydrogens is 238 g/mol. The smallest absolute Gasteiger partial charge is 0.160 e. The first-order chi connectivity index (χ1) is 8.07. The van der Waals surface area contributed by atoms with Gasteiger partial charge in [-0.05, 0) is 25.5 Å². The Labute approximate surface area is 99.4 Å². The monoisotopic (exact) mass is 251 g/mol. The molecule has 17 heavy (non-hydrogen) atoms. The summed E-state index contributed by atoms with van der Waals surface area (Å²) >= 11 is 0. The molecule has 1 aliphatic rings. The van der Waals surface area contributed by atoms with Crippen LogP contribution in [0.5, 0.6) is 0 Å². The lowest BCUT2D eigenvalue weighted by molar-refractivity contribution is 0.601. The van der Waals surface area contributed by atoms with Gasteiger partial charge in [0.2, 0.25) is 0 Å². The van der Waals surface area contributed by atoms with Gasteiger partial charge in [-0.25, -0.2) is 8.42 Å². The Balaban J connectivity index is 2.13. The lowest BCUT2D eigenvalue weighted by atomic mass is 10.1. The summed E-state index contributed by atoms with van der Waals surface area (Å²) < 4.78 is 24.9. The predicted octanol–water partition coefficient (Wildman–Crippen LogP) is 0.940. The van der Waals surface area contributed by atoms with E-state index in [1.807, 2.05) is 29.5 Å². The second-order valence-electron chi connectivity index (χ2n) is 4.52. The van der Waals surface area contributed by atoms with E-state index in [9.17, 15) is 8.42 Å². The van der Waals surface area contributed by atoms with E-state index in [1.165, 1.54) is 0 Å². The molecule has 0 saturated carbocycles. The summed E-state index contributed by atoms with van der Waals surface area (Å²) in [6.07, 6.45) is 0.650. The Morgan fingerprint density at radius 3 is 2.88 bits per heavy atom. The molecule has 2 aromatic heterocycles. The number of hydrogen-bond acceptors (Lipinski definition) is 4. The van der Waals surface area contributed by atoms with E-state index < -0.39 is 9.84 Å². The van der Waals surface area contributed by atoms with Gasteiger partial charge >= 0.3 is 0 Å². The van der Waals surface area contributed by atoms with Crippen LogP contribution in [0, 0.1) is 6.92 Å². The quantitative estimate of drug-likeness (QED) is 0.756. The maximum absolute atomic E-state index is 11.5. The Hall–Kier alpha value is -1.43. The second kappa shape index (κ2) is 3.53. The molecule has 0 bridgehead atoms. The maximum Gasteiger partial charge on any atom is 0.160 e. The van der Waals surface area contributed by atoms with E-state index in [2.05, 4.69) is 10.2 Å². The number of pyridine rings is 1. The fraction of sp³-hybridized carbons (Fsp3) is 0.455. The van der Waals surface area contributed by atoms with Gasteiger partial charge in [0.1, 0.15) is 5.82 Å². The van der Waals surface area contributed by atoms with Crippen molar-refractivity contribution in [3.05, 3.63) is 29.7 Å². The van der Waals surface area contributed by atoms with Gasteiger partial charge < -0.3 is 0 Å². The molecule has 6 heteroatoms. The number of hydrogen-bond donors (Lipinski definition) is 0. The zero-order valence-corrected chi connectivity index (χ0v) is 10.3. The summed E-state index contributed by atoms with van der Waals surface area (Å²) in [5.74, 6) is 1.22. The van der Waals surface area contributed by atoms with Crippen molar-refractivity contribution in [1.29, 1.82) is 0 Å². The Morgan fingerprint density at radius 1 is 1.35 bits per heavy atom. The predicted molar refractivity (Wildman–Crippen MR) is 63.7 cm³/mol. The van der Waals surface area contributed by atoms with Crippen LogP contribution in [0.3, 0.4) is 0 Å². The Morgan fingerprint density at radius 2 is 2.18 bits per heavy atom. The van der Waals surface area contributed by atoms with Crippen molar-refractivity contribution < 1.29 is 8.42 Å². The van der Waals surface area contributed by atoms with Gasteiger partial charge in [-0.1, -0.05) is 6.07 Å². The zero-order chi connectivity index (χ0) is 12.0. The highest BCUT2D eigenvalue weighted by Crippen LogP contribution is 2.28. The summed E-state index contributed by atoms with van der Waals surface area (Å²) in [7, 11) is -2.88. The summed E-state index contributed by atoms with van der Waals surface area (Å²) in [6, 6.07) is 5.78. The van der Waals surface area contributed by atoms with Crippen LogP contribution in [0.2, 0.25) is 0 Å². The molecule has 0 amide bonds. The van der Waals surface area contributed by atoms with Gasteiger partial charge in [-0.2, -0.15) is 0 Å². The summed E-state index contributed by atoms with van der Waals surface area (Å²) in [5, 5.41) is 8.24. The molecule has 3 rings (SSSR count). The van der Waals surface area contributed by atoms with E-state index in [0.717, 1.165) is 17.2 Å². The molecular formula is C11H13N3O2S. The summed E-state index contributed by atoms with van der Waals surface area (Å²) in [5.41, 5.74) is 1.82. The minimum atomic E-state index is -2.88. The molecule has 1 fully saturated rings. The SMILES string of the molecule is Cc1cccc2nnc(C3CCS(=O)(=O)C3)n12. The third-order valence-electron chi connectivity index (χ3n) is 3.25. The molecule has 0 radical (unpaired) electrons. The van der Waals surface area contributed by atoms with Gasteiger partial charge in [0, 0.05) is 11.6 Å². The molecule has 3 heterocycles. The summed E-state index contributed by atoms with van der Waals surface area (Å²) in [6.45, 7) is 1.98. The standard InChI is InChI=1S/C11H13N3O2S/c1-8-3-2-4-10-12-13-11(14(8)10)9-5-6-17(15,16)7-9/h2-4,9H,5-7H2,1H3. The summed E-state index contributed by atoms with van der Waals surface area (Å²) in [4.78, 5) is 0. The van der Waals surface area contributed by atoms with Crippen molar-refractivity contribution in [2.24, 2.45) is 0 Å². The van der Waals surface area contributed by atoms with Crippen molar-refractivity contribution in [3.8, 4) is 0 Å². The third-order valence-corrected chi connectivity index (χ3v) is 5.01. The average Bonchev–Trinajstić information content (AvgIpc) is 2.82. The molecule has 1 aliphatic heterocycles. The fourth-order valence-corrected chi connectivity index (χ4v) is 4.13. The van der Waals surface area contributed by atoms with E-state index in [0.29, 0.717) is 6.42 Å². The highest BCUT2D eigenvalue weighted by atomic mass is 32.2. The third kappa shape index (κ3) is 1.72. The fourth-order valence-electron chi connectivity index (χ4n) is 2.39. The number of sulfone groups is 1. The highest BCUT2D eigenvalue weighted by Gasteiger charge is 2.32. The van der Waals surface area contributed by atoms with Crippen LogP contribution in [-0.4, -0.2) is 34.5 Å². The van der Waals surface area contributed by atoms with Crippen LogP contribution in [0.15, 0.2) is 18.2 Å². The highest BCUT2D eigenvalue weighted by molar-refractivity contribution is 7.91. The molecule has 5 nitrogen and oxygen atoms in total. The molecule has 1 atom stereocenters. The van der Waals surface area contributed by atoms with Gasteiger partial charge in [0.15, 0.2) is 15.5 Å². The molecule has 0 aliphatic carbocycles. The lowest BCUT2D eigenvalue weighted by Crippen LogP contribution is -2.08. The Kier molecular flexibility index (Phi) is 2.22. The van der Waals surface area contributed by atoms with Crippen LogP contribution < -0.4 is 0 Å². The molecule has 1 unspecified atom stereocenters. The van der Waals surface area contributed by atoms with E-state index in [1.54, 1.807) is 0 Å². The van der Waals surface area contributed by atoms with Gasteiger partial charge in [0.05, 0.1) is 11.5 Å². The van der Waals surface area contributed by atoms with Crippen molar-refractivity contribution in [1.82, 2.24) is 14.6 Å².